The molecular formula is H8N2SeSn2. The average molecular weight is 352 g/mol. The number of hydrogen-bond acceptors (Lipinski definition) is 2. The van der Waals surface area contributed by atoms with Gasteiger partial charge in [0.2, 0.25) is 0 Å². The van der Waals surface area contributed by atoms with E-state index in [0.717, 1.165) is 0 Å². The summed E-state index contributed by atoms with van der Waals surface area (Å²) in [6, 6.07) is 0. The predicted molar refractivity (Wildman–Crippen MR) is 30.4 cm³/mol. The van der Waals surface area contributed by atoms with Crippen molar-refractivity contribution in [1.82, 2.24) is 0 Å². The zero-order valence-electron chi connectivity index (χ0n) is 2.73. The van der Waals surface area contributed by atoms with E-state index in [0.29, 0.717) is 0 Å². The van der Waals surface area contributed by atoms with Crippen LogP contribution in [-0.4, -0.2) is 64.9 Å². The summed E-state index contributed by atoms with van der Waals surface area (Å²) >= 11 is 0. The summed E-state index contributed by atoms with van der Waals surface area (Å²) in [6.45, 7) is 0. The molecule has 2 N–H and O–H groups in total. The van der Waals surface area contributed by atoms with E-state index in [-0.39, 0.29) is 66.3 Å². The fourth-order valence-electron chi connectivity index (χ4n) is 0. The maximum absolute atomic E-state index is 5.00. The molecule has 0 spiro atoms. The normalized spacial score (nSPS) is 0.800. The first kappa shape index (κ1) is 29.7. The molecule has 2 nitrogen and oxygen atoms in total. The Morgan fingerprint density at radius 1 is 1.20 bits per heavy atom. The van der Waals surface area contributed by atoms with Gasteiger partial charge in [-0.3, -0.25) is 0 Å². The van der Waals surface area contributed by atoms with E-state index in [1.807, 2.05) is 0 Å². The van der Waals surface area contributed by atoms with Gasteiger partial charge in [0.05, 0.1) is 0 Å². The third kappa shape index (κ3) is 26.8. The first-order valence-corrected chi connectivity index (χ1v) is 0.250. The van der Waals surface area contributed by atoms with Crippen LogP contribution in [0.3, 0.4) is 0 Å². The van der Waals surface area contributed by atoms with Gasteiger partial charge in [0.1, 0.15) is 0 Å². The Labute approximate surface area is 76.6 Å². The third-order valence-corrected chi connectivity index (χ3v) is 0. The van der Waals surface area contributed by atoms with Crippen LogP contribution >= 0.6 is 0 Å². The summed E-state index contributed by atoms with van der Waals surface area (Å²) in [4.78, 5) is 0. The molecule has 0 rings (SSSR count). The molecule has 0 unspecified atom stereocenters. The number of nitrogens with one attached hydrogen (secondary N) is 2. The average Bonchev–Trinajstić information content (AvgIpc) is 1.00. The summed E-state index contributed by atoms with van der Waals surface area (Å²) in [5, 5.41) is 0. The van der Waals surface area contributed by atoms with Gasteiger partial charge in [-0.25, -0.2) is 11.1 Å². The molecule has 0 aromatic carbocycles. The van der Waals surface area contributed by atoms with Crippen molar-refractivity contribution in [2.45, 2.75) is 0 Å². The fraction of sp³-hybridized carbons (Fsp3) is 0. The van der Waals surface area contributed by atoms with Crippen molar-refractivity contribution in [3.8, 4) is 0 Å². The number of rotatable bonds is 0. The van der Waals surface area contributed by atoms with Gasteiger partial charge in [0, 0.05) is 1.43 Å². The van der Waals surface area contributed by atoms with Crippen molar-refractivity contribution in [2.24, 2.45) is 0 Å². The van der Waals surface area contributed by atoms with Crippen LogP contribution in [0, 0.1) is 11.1 Å². The Hall–Kier alpha value is 1.72. The molecule has 0 aromatic rings. The van der Waals surface area contributed by atoms with Crippen molar-refractivity contribution in [2.75, 3.05) is 0 Å². The molecule has 5 heavy (non-hydrogen) atoms. The van der Waals surface area contributed by atoms with Crippen LogP contribution in [0.4, 0.5) is 0 Å². The molecule has 0 aliphatic heterocycles. The van der Waals surface area contributed by atoms with E-state index < -0.39 is 0 Å². The van der Waals surface area contributed by atoms with Crippen LogP contribution < -0.4 is 0 Å². The first-order chi connectivity index (χ1) is 1.00. The van der Waals surface area contributed by atoms with Crippen molar-refractivity contribution in [3.63, 3.8) is 0 Å². The summed E-state index contributed by atoms with van der Waals surface area (Å²) in [5.74, 6) is 0. The summed E-state index contributed by atoms with van der Waals surface area (Å²) in [5.41, 5.74) is 10.0. The molecule has 0 aliphatic carbocycles. The van der Waals surface area contributed by atoms with Gasteiger partial charge in [-0.15, -0.1) is 0 Å². The second-order valence-electron chi connectivity index (χ2n) is 0. The number of hydrogen-bond donors (Lipinski definition) is 2. The van der Waals surface area contributed by atoms with Crippen LogP contribution in [0.25, 0.3) is 0 Å². The Morgan fingerprint density at radius 3 is 1.20 bits per heavy atom. The van der Waals surface area contributed by atoms with E-state index in [4.69, 9.17) is 11.1 Å². The van der Waals surface area contributed by atoms with Gasteiger partial charge in [-0.1, -0.05) is 0 Å². The van der Waals surface area contributed by atoms with Crippen molar-refractivity contribution >= 4 is 64.9 Å². The van der Waals surface area contributed by atoms with Crippen LogP contribution in [0.15, 0.2) is 0 Å². The second-order valence-corrected chi connectivity index (χ2v) is 0. The minimum absolute atomic E-state index is 0. The molecule has 5 heteroatoms. The molecule has 0 aromatic heterocycles. The molecule has 6 radical (unpaired) electrons. The van der Waals surface area contributed by atoms with Crippen LogP contribution in [-0.2, 0) is 0 Å². The molecule has 0 saturated carbocycles. The third-order valence-electron chi connectivity index (χ3n) is 0. The Kier molecular flexibility index (Phi) is 257. The summed E-state index contributed by atoms with van der Waals surface area (Å²) in [6.07, 6.45) is 0. The monoisotopic (exact) mass is 356 g/mol. The Bertz CT molecular complexity index is 11.5. The van der Waals surface area contributed by atoms with Crippen molar-refractivity contribution in [3.05, 3.63) is 0 Å². The molecule has 32 valence electrons. The molecule has 0 atom stereocenters. The second kappa shape index (κ2) is 43.2. The van der Waals surface area contributed by atoms with Crippen LogP contribution in [0.1, 0.15) is 1.43 Å². The van der Waals surface area contributed by atoms with E-state index in [2.05, 4.69) is 0 Å². The zero-order chi connectivity index (χ0) is 2.00. The molecule has 0 saturated heterocycles. The first-order valence-electron chi connectivity index (χ1n) is 0.250. The van der Waals surface area contributed by atoms with E-state index in [1.165, 1.54) is 0 Å². The van der Waals surface area contributed by atoms with E-state index in [9.17, 15) is 0 Å². The van der Waals surface area contributed by atoms with Crippen molar-refractivity contribution in [1.29, 1.82) is 11.1 Å². The molecule has 0 aliphatic rings. The molecule has 0 amide bonds. The van der Waals surface area contributed by atoms with Gasteiger partial charge < -0.3 is 0 Å². The van der Waals surface area contributed by atoms with Gasteiger partial charge in [0.15, 0.2) is 0 Å². The molecular weight excluding hydrogens is 344 g/mol. The topological polar surface area (TPSA) is 47.7 Å². The van der Waals surface area contributed by atoms with Gasteiger partial charge in [-0.05, 0) is 0 Å². The Morgan fingerprint density at radius 2 is 1.20 bits per heavy atom. The van der Waals surface area contributed by atoms with Crippen LogP contribution in [0.2, 0.25) is 0 Å². The molecule has 0 heterocycles. The predicted octanol–water partition coefficient (Wildman–Crippen LogP) is -1.37. The standard InChI is InChI=1S/H2N2.HSe.2Sn.H2.3H/c1-2;;;;;;;/h1-2H;1H;;;1H;;;. The van der Waals surface area contributed by atoms with E-state index >= 15 is 0 Å². The molecule has 0 bridgehead atoms. The van der Waals surface area contributed by atoms with E-state index in [1.54, 1.807) is 0 Å². The molecule has 0 fully saturated rings. The zero-order valence-corrected chi connectivity index (χ0v) is 11.9. The minimum atomic E-state index is 0. The van der Waals surface area contributed by atoms with Crippen molar-refractivity contribution < 1.29 is 1.43 Å². The quantitative estimate of drug-likeness (QED) is 0.399. The SMILES string of the molecule is N=N.[HH].[SeH].[SnH2].[SnH]. The Balaban J connectivity index is -0.000000000833. The van der Waals surface area contributed by atoms with Crippen LogP contribution in [0.5, 0.6) is 0 Å². The summed E-state index contributed by atoms with van der Waals surface area (Å²) in [7, 11) is 0. The maximum atomic E-state index is 5.00. The van der Waals surface area contributed by atoms with Gasteiger partial charge in [0.25, 0.3) is 0 Å². The summed E-state index contributed by atoms with van der Waals surface area (Å²) < 4.78 is 0. The van der Waals surface area contributed by atoms with Gasteiger partial charge >= 0.3 is 64.9 Å². The van der Waals surface area contributed by atoms with Gasteiger partial charge in [-0.2, -0.15) is 0 Å². The fourth-order valence-corrected chi connectivity index (χ4v) is 0.